The van der Waals surface area contributed by atoms with E-state index in [1.807, 2.05) is 30.0 Å². The van der Waals surface area contributed by atoms with Gasteiger partial charge in [0.15, 0.2) is 0 Å². The lowest BCUT2D eigenvalue weighted by Crippen LogP contribution is -2.32. The zero-order valence-corrected chi connectivity index (χ0v) is 12.8. The van der Waals surface area contributed by atoms with E-state index in [2.05, 4.69) is 31.0 Å². The first-order valence-electron chi connectivity index (χ1n) is 7.24. The first-order valence-corrected chi connectivity index (χ1v) is 7.24. The number of aryl methyl sites for hydroxylation is 1. The van der Waals surface area contributed by atoms with E-state index in [9.17, 15) is 4.79 Å². The maximum atomic E-state index is 11.0. The average Bonchev–Trinajstić information content (AvgIpc) is 2.37. The number of carbonyl (C=O) groups is 1. The Morgan fingerprint density at radius 3 is 2.71 bits per heavy atom. The summed E-state index contributed by atoms with van der Waals surface area (Å²) >= 11 is 0. The number of fused-ring (bicyclic) bond motifs is 1. The summed E-state index contributed by atoms with van der Waals surface area (Å²) in [7, 11) is 0. The highest BCUT2D eigenvalue weighted by Crippen LogP contribution is 2.16. The predicted molar refractivity (Wildman–Crippen MR) is 84.2 cm³/mol. The van der Waals surface area contributed by atoms with Gasteiger partial charge in [0.25, 0.3) is 0 Å². The average molecular weight is 286 g/mol. The normalized spacial score (nSPS) is 11.5. The minimum Gasteiger partial charge on any atom is -0.480 e. The van der Waals surface area contributed by atoms with Crippen LogP contribution in [0.5, 0.6) is 0 Å². The molecule has 1 aromatic carbocycles. The van der Waals surface area contributed by atoms with Gasteiger partial charge in [-0.15, -0.1) is 0 Å². The van der Waals surface area contributed by atoms with Crippen molar-refractivity contribution in [2.75, 3.05) is 13.1 Å². The van der Waals surface area contributed by atoms with Crippen LogP contribution < -0.4 is 0 Å². The van der Waals surface area contributed by atoms with Crippen LogP contribution in [-0.2, 0) is 11.3 Å². The number of pyridine rings is 1. The van der Waals surface area contributed by atoms with Crippen LogP contribution in [0, 0.1) is 12.8 Å². The lowest BCUT2D eigenvalue weighted by atomic mass is 10.1. The Labute approximate surface area is 125 Å². The molecule has 0 saturated carbocycles. The number of aromatic nitrogens is 1. The Morgan fingerprint density at radius 1 is 1.29 bits per heavy atom. The molecule has 0 aliphatic heterocycles. The highest BCUT2D eigenvalue weighted by Gasteiger charge is 2.12. The Bertz CT molecular complexity index is 638. The van der Waals surface area contributed by atoms with Crippen LogP contribution in [-0.4, -0.2) is 34.0 Å². The quantitative estimate of drug-likeness (QED) is 0.886. The van der Waals surface area contributed by atoms with E-state index >= 15 is 0 Å². The van der Waals surface area contributed by atoms with Crippen molar-refractivity contribution in [3.05, 3.63) is 41.6 Å². The van der Waals surface area contributed by atoms with Crippen LogP contribution in [0.2, 0.25) is 0 Å². The highest BCUT2D eigenvalue weighted by molar-refractivity contribution is 5.79. The lowest BCUT2D eigenvalue weighted by Gasteiger charge is -2.22. The number of nitrogens with zero attached hydrogens (tertiary/aromatic N) is 2. The predicted octanol–water partition coefficient (Wildman–Crippen LogP) is 3.09. The van der Waals surface area contributed by atoms with Gasteiger partial charge in [-0.3, -0.25) is 14.7 Å². The van der Waals surface area contributed by atoms with Crippen molar-refractivity contribution in [1.82, 2.24) is 9.88 Å². The van der Waals surface area contributed by atoms with Gasteiger partial charge >= 0.3 is 5.97 Å². The van der Waals surface area contributed by atoms with Gasteiger partial charge in [0.2, 0.25) is 0 Å². The van der Waals surface area contributed by atoms with Gasteiger partial charge in [-0.1, -0.05) is 26.0 Å². The third kappa shape index (κ3) is 4.53. The van der Waals surface area contributed by atoms with E-state index in [0.29, 0.717) is 12.5 Å². The minimum atomic E-state index is -0.784. The Balaban J connectivity index is 2.19. The van der Waals surface area contributed by atoms with E-state index in [-0.39, 0.29) is 6.54 Å². The summed E-state index contributed by atoms with van der Waals surface area (Å²) in [6, 6.07) is 10.2. The maximum absolute atomic E-state index is 11.0. The number of rotatable bonds is 6. The number of aliphatic carboxylic acids is 1. The maximum Gasteiger partial charge on any atom is 0.317 e. The summed E-state index contributed by atoms with van der Waals surface area (Å²) in [4.78, 5) is 17.4. The molecule has 1 heterocycles. The summed E-state index contributed by atoms with van der Waals surface area (Å²) in [5, 5.41) is 10.1. The molecule has 0 aliphatic rings. The summed E-state index contributed by atoms with van der Waals surface area (Å²) in [5.74, 6) is -0.345. The largest absolute Gasteiger partial charge is 0.480 e. The summed E-state index contributed by atoms with van der Waals surface area (Å²) in [5.41, 5.74) is 3.10. The van der Waals surface area contributed by atoms with Crippen LogP contribution in [0.15, 0.2) is 30.3 Å². The van der Waals surface area contributed by atoms with E-state index in [4.69, 9.17) is 5.11 Å². The molecule has 4 heteroatoms. The van der Waals surface area contributed by atoms with Crippen molar-refractivity contribution in [3.63, 3.8) is 0 Å². The molecule has 112 valence electrons. The topological polar surface area (TPSA) is 53.4 Å². The first kappa shape index (κ1) is 15.4. The van der Waals surface area contributed by atoms with Crippen LogP contribution in [0.4, 0.5) is 0 Å². The molecule has 0 amide bonds. The van der Waals surface area contributed by atoms with Crippen molar-refractivity contribution >= 4 is 16.9 Å². The van der Waals surface area contributed by atoms with Gasteiger partial charge in [-0.05, 0) is 36.6 Å². The van der Waals surface area contributed by atoms with E-state index in [0.717, 1.165) is 28.7 Å². The number of hydrogen-bond donors (Lipinski definition) is 1. The third-order valence-corrected chi connectivity index (χ3v) is 3.28. The molecular formula is C17H22N2O2. The molecular weight excluding hydrogens is 264 g/mol. The van der Waals surface area contributed by atoms with Crippen LogP contribution in [0.3, 0.4) is 0 Å². The molecule has 1 N–H and O–H groups in total. The van der Waals surface area contributed by atoms with Gasteiger partial charge in [0.1, 0.15) is 0 Å². The molecule has 0 fully saturated rings. The van der Waals surface area contributed by atoms with Crippen molar-refractivity contribution in [2.24, 2.45) is 5.92 Å². The number of benzene rings is 1. The fourth-order valence-electron chi connectivity index (χ4n) is 2.53. The Morgan fingerprint density at radius 2 is 2.05 bits per heavy atom. The van der Waals surface area contributed by atoms with E-state index in [1.165, 1.54) is 0 Å². The molecule has 0 unspecified atom stereocenters. The number of carboxylic acids is 1. The van der Waals surface area contributed by atoms with Crippen molar-refractivity contribution in [2.45, 2.75) is 27.3 Å². The molecule has 0 radical (unpaired) electrons. The SMILES string of the molecule is Cc1ccc2cc(CN(CC(=O)O)CC(C)C)ccc2n1. The van der Waals surface area contributed by atoms with Crippen LogP contribution in [0.1, 0.15) is 25.1 Å². The second kappa shape index (κ2) is 6.68. The molecule has 2 aromatic rings. The summed E-state index contributed by atoms with van der Waals surface area (Å²) in [6.07, 6.45) is 0. The second-order valence-corrected chi connectivity index (χ2v) is 5.94. The molecule has 21 heavy (non-hydrogen) atoms. The Hall–Kier alpha value is -1.94. The molecule has 0 atom stereocenters. The number of hydrogen-bond acceptors (Lipinski definition) is 3. The highest BCUT2D eigenvalue weighted by atomic mass is 16.4. The fraction of sp³-hybridized carbons (Fsp3) is 0.412. The van der Waals surface area contributed by atoms with Crippen molar-refractivity contribution < 1.29 is 9.90 Å². The minimum absolute atomic E-state index is 0.0718. The van der Waals surface area contributed by atoms with Gasteiger partial charge in [-0.25, -0.2) is 0 Å². The zero-order valence-electron chi connectivity index (χ0n) is 12.8. The fourth-order valence-corrected chi connectivity index (χ4v) is 2.53. The van der Waals surface area contributed by atoms with Crippen molar-refractivity contribution in [3.8, 4) is 0 Å². The van der Waals surface area contributed by atoms with E-state index < -0.39 is 5.97 Å². The number of carboxylic acid groups (broad SMARTS) is 1. The molecule has 0 saturated heterocycles. The summed E-state index contributed by atoms with van der Waals surface area (Å²) < 4.78 is 0. The Kier molecular flexibility index (Phi) is 4.91. The molecule has 1 aromatic heterocycles. The van der Waals surface area contributed by atoms with Gasteiger partial charge in [-0.2, -0.15) is 0 Å². The smallest absolute Gasteiger partial charge is 0.317 e. The van der Waals surface area contributed by atoms with Crippen molar-refractivity contribution in [1.29, 1.82) is 0 Å². The third-order valence-electron chi connectivity index (χ3n) is 3.28. The van der Waals surface area contributed by atoms with Crippen LogP contribution >= 0.6 is 0 Å². The summed E-state index contributed by atoms with van der Waals surface area (Å²) in [6.45, 7) is 7.67. The van der Waals surface area contributed by atoms with Gasteiger partial charge in [0, 0.05) is 24.2 Å². The standard InChI is InChI=1S/C17H22N2O2/c1-12(2)9-19(11-17(20)21)10-14-5-7-16-15(8-14)6-4-13(3)18-16/h4-8,12H,9-11H2,1-3H3,(H,20,21). The first-order chi connectivity index (χ1) is 9.94. The molecule has 4 nitrogen and oxygen atoms in total. The zero-order chi connectivity index (χ0) is 15.4. The molecule has 0 spiro atoms. The van der Waals surface area contributed by atoms with Gasteiger partial charge < -0.3 is 5.11 Å². The second-order valence-electron chi connectivity index (χ2n) is 5.94. The van der Waals surface area contributed by atoms with E-state index in [1.54, 1.807) is 0 Å². The lowest BCUT2D eigenvalue weighted by molar-refractivity contribution is -0.138. The van der Waals surface area contributed by atoms with Gasteiger partial charge in [0.05, 0.1) is 12.1 Å². The monoisotopic (exact) mass is 286 g/mol. The molecule has 0 bridgehead atoms. The molecule has 0 aliphatic carbocycles. The van der Waals surface area contributed by atoms with Crippen LogP contribution in [0.25, 0.3) is 10.9 Å². The molecule has 2 rings (SSSR count).